The molecule has 3 aromatic carbocycles. The third-order valence-electron chi connectivity index (χ3n) is 4.65. The normalized spacial score (nSPS) is 10.3. The first-order valence-electron chi connectivity index (χ1n) is 10.8. The van der Waals surface area contributed by atoms with Gasteiger partial charge in [-0.3, -0.25) is 9.59 Å². The van der Waals surface area contributed by atoms with E-state index in [1.54, 1.807) is 54.6 Å². The number of benzene rings is 3. The topological polar surface area (TPSA) is 76.7 Å². The highest BCUT2D eigenvalue weighted by Gasteiger charge is 2.13. The number of para-hydroxylation sites is 2. The van der Waals surface area contributed by atoms with Crippen molar-refractivity contribution in [3.63, 3.8) is 0 Å². The Balaban J connectivity index is 1.57. The smallest absolute Gasteiger partial charge is 0.262 e. The monoisotopic (exact) mass is 432 g/mol. The Morgan fingerprint density at radius 3 is 2.28 bits per heavy atom. The van der Waals surface area contributed by atoms with Gasteiger partial charge in [0.25, 0.3) is 11.8 Å². The summed E-state index contributed by atoms with van der Waals surface area (Å²) in [7, 11) is 0. The van der Waals surface area contributed by atoms with Crippen molar-refractivity contribution in [2.45, 2.75) is 26.2 Å². The van der Waals surface area contributed by atoms with Crippen molar-refractivity contribution in [1.82, 2.24) is 0 Å². The van der Waals surface area contributed by atoms with E-state index in [1.165, 1.54) is 0 Å². The fourth-order valence-corrected chi connectivity index (χ4v) is 3.05. The second-order valence-electron chi connectivity index (χ2n) is 7.24. The van der Waals surface area contributed by atoms with Crippen LogP contribution < -0.4 is 20.1 Å². The maximum Gasteiger partial charge on any atom is 0.262 e. The molecule has 0 atom stereocenters. The fraction of sp³-hybridized carbons (Fsp3) is 0.231. The number of unbranched alkanes of at least 4 members (excludes halogenated alkanes) is 2. The van der Waals surface area contributed by atoms with Gasteiger partial charge in [-0.25, -0.2) is 0 Å². The van der Waals surface area contributed by atoms with Crippen molar-refractivity contribution in [2.75, 3.05) is 23.8 Å². The second-order valence-corrected chi connectivity index (χ2v) is 7.24. The number of carbonyl (C=O) groups excluding carboxylic acids is 2. The van der Waals surface area contributed by atoms with Gasteiger partial charge in [0.15, 0.2) is 6.61 Å². The molecule has 0 aromatic heterocycles. The van der Waals surface area contributed by atoms with Crippen LogP contribution in [0, 0.1) is 0 Å². The molecule has 0 heterocycles. The molecule has 0 aliphatic carbocycles. The summed E-state index contributed by atoms with van der Waals surface area (Å²) in [4.78, 5) is 25.0. The minimum absolute atomic E-state index is 0.108. The molecule has 0 aliphatic heterocycles. The minimum atomic E-state index is -0.289. The van der Waals surface area contributed by atoms with Crippen molar-refractivity contribution in [3.05, 3.63) is 84.4 Å². The molecule has 32 heavy (non-hydrogen) atoms. The van der Waals surface area contributed by atoms with Gasteiger partial charge >= 0.3 is 0 Å². The fourth-order valence-electron chi connectivity index (χ4n) is 3.05. The average Bonchev–Trinajstić information content (AvgIpc) is 2.82. The van der Waals surface area contributed by atoms with E-state index in [9.17, 15) is 9.59 Å². The van der Waals surface area contributed by atoms with Gasteiger partial charge in [-0.1, -0.05) is 56.2 Å². The lowest BCUT2D eigenvalue weighted by molar-refractivity contribution is -0.118. The summed E-state index contributed by atoms with van der Waals surface area (Å²) < 4.78 is 11.3. The minimum Gasteiger partial charge on any atom is -0.493 e. The van der Waals surface area contributed by atoms with Crippen LogP contribution in [0.5, 0.6) is 11.5 Å². The zero-order valence-electron chi connectivity index (χ0n) is 18.2. The van der Waals surface area contributed by atoms with Crippen molar-refractivity contribution >= 4 is 23.2 Å². The number of nitrogens with one attached hydrogen (secondary N) is 2. The van der Waals surface area contributed by atoms with Gasteiger partial charge in [-0.2, -0.15) is 0 Å². The molecule has 0 unspecified atom stereocenters. The third-order valence-corrected chi connectivity index (χ3v) is 4.65. The highest BCUT2D eigenvalue weighted by atomic mass is 16.5. The molecule has 166 valence electrons. The van der Waals surface area contributed by atoms with Crippen molar-refractivity contribution < 1.29 is 19.1 Å². The van der Waals surface area contributed by atoms with Gasteiger partial charge in [0, 0.05) is 11.4 Å². The number of amides is 2. The van der Waals surface area contributed by atoms with E-state index in [0.29, 0.717) is 35.0 Å². The summed E-state index contributed by atoms with van der Waals surface area (Å²) in [6.07, 6.45) is 3.14. The molecule has 0 bridgehead atoms. The predicted octanol–water partition coefficient (Wildman–Crippen LogP) is 5.53. The second kappa shape index (κ2) is 12.2. The van der Waals surface area contributed by atoms with Crippen LogP contribution in [0.25, 0.3) is 0 Å². The summed E-state index contributed by atoms with van der Waals surface area (Å²) in [5, 5.41) is 5.65. The standard InChI is InChI=1S/C26H28N2O4/c1-2-3-9-17-31-24-16-8-7-15-23(24)26(30)28-21-12-10-11-20(18-21)27-25(29)19-32-22-13-5-4-6-14-22/h4-8,10-16,18H,2-3,9,17,19H2,1H3,(H,27,29)(H,28,30). The number of rotatable bonds is 11. The highest BCUT2D eigenvalue weighted by Crippen LogP contribution is 2.22. The van der Waals surface area contributed by atoms with Gasteiger partial charge in [0.2, 0.25) is 0 Å². The summed E-state index contributed by atoms with van der Waals surface area (Å²) in [6.45, 7) is 2.60. The lowest BCUT2D eigenvalue weighted by Gasteiger charge is -2.12. The molecule has 6 nitrogen and oxygen atoms in total. The Labute approximate surface area is 188 Å². The maximum absolute atomic E-state index is 12.8. The number of hydrogen-bond acceptors (Lipinski definition) is 4. The van der Waals surface area contributed by atoms with Crippen LogP contribution in [0.15, 0.2) is 78.9 Å². The van der Waals surface area contributed by atoms with Gasteiger partial charge in [-0.15, -0.1) is 0 Å². The van der Waals surface area contributed by atoms with E-state index in [-0.39, 0.29) is 18.4 Å². The molecule has 0 fully saturated rings. The highest BCUT2D eigenvalue weighted by molar-refractivity contribution is 6.06. The Bertz CT molecular complexity index is 1020. The van der Waals surface area contributed by atoms with Crippen LogP contribution in [0.4, 0.5) is 11.4 Å². The van der Waals surface area contributed by atoms with Gasteiger partial charge in [0.1, 0.15) is 11.5 Å². The van der Waals surface area contributed by atoms with E-state index in [1.807, 2.05) is 24.3 Å². The third kappa shape index (κ3) is 7.16. The first-order valence-corrected chi connectivity index (χ1v) is 10.8. The lowest BCUT2D eigenvalue weighted by Crippen LogP contribution is -2.20. The maximum atomic E-state index is 12.8. The van der Waals surface area contributed by atoms with Crippen LogP contribution in [0.3, 0.4) is 0 Å². The summed E-state index contributed by atoms with van der Waals surface area (Å²) in [6, 6.07) is 23.3. The molecule has 6 heteroatoms. The molecule has 2 N–H and O–H groups in total. The van der Waals surface area contributed by atoms with Crippen molar-refractivity contribution in [2.24, 2.45) is 0 Å². The van der Waals surface area contributed by atoms with Crippen LogP contribution >= 0.6 is 0 Å². The largest absolute Gasteiger partial charge is 0.493 e. The summed E-state index contributed by atoms with van der Waals surface area (Å²) in [5.41, 5.74) is 1.60. The molecule has 0 aliphatic rings. The molecule has 3 rings (SSSR count). The molecule has 0 saturated carbocycles. The number of hydrogen-bond donors (Lipinski definition) is 2. The van der Waals surface area contributed by atoms with Gasteiger partial charge in [-0.05, 0) is 48.9 Å². The van der Waals surface area contributed by atoms with Crippen LogP contribution in [0.1, 0.15) is 36.5 Å². The molecule has 0 spiro atoms. The first-order chi connectivity index (χ1) is 15.7. The van der Waals surface area contributed by atoms with Crippen molar-refractivity contribution in [3.8, 4) is 11.5 Å². The molecule has 3 aromatic rings. The predicted molar refractivity (Wildman–Crippen MR) is 126 cm³/mol. The van der Waals surface area contributed by atoms with E-state index in [4.69, 9.17) is 9.47 Å². The first kappa shape index (κ1) is 22.9. The zero-order valence-corrected chi connectivity index (χ0v) is 18.2. The zero-order chi connectivity index (χ0) is 22.6. The van der Waals surface area contributed by atoms with Crippen LogP contribution in [-0.4, -0.2) is 25.0 Å². The Morgan fingerprint density at radius 2 is 1.50 bits per heavy atom. The van der Waals surface area contributed by atoms with Crippen molar-refractivity contribution in [1.29, 1.82) is 0 Å². The average molecular weight is 433 g/mol. The SMILES string of the molecule is CCCCCOc1ccccc1C(=O)Nc1cccc(NC(=O)COc2ccccc2)c1. The van der Waals surface area contributed by atoms with E-state index in [0.717, 1.165) is 19.3 Å². The molecular formula is C26H28N2O4. The number of carbonyl (C=O) groups is 2. The summed E-state index contributed by atoms with van der Waals surface area (Å²) in [5.74, 6) is 0.623. The van der Waals surface area contributed by atoms with Crippen LogP contribution in [0.2, 0.25) is 0 Å². The molecular weight excluding hydrogens is 404 g/mol. The quantitative estimate of drug-likeness (QED) is 0.391. The lowest BCUT2D eigenvalue weighted by atomic mass is 10.1. The number of anilines is 2. The van der Waals surface area contributed by atoms with E-state index < -0.39 is 0 Å². The van der Waals surface area contributed by atoms with E-state index >= 15 is 0 Å². The number of ether oxygens (including phenoxy) is 2. The summed E-state index contributed by atoms with van der Waals surface area (Å²) >= 11 is 0. The van der Waals surface area contributed by atoms with Gasteiger partial charge < -0.3 is 20.1 Å². The van der Waals surface area contributed by atoms with Gasteiger partial charge in [0.05, 0.1) is 12.2 Å². The Kier molecular flexibility index (Phi) is 8.69. The molecule has 0 radical (unpaired) electrons. The van der Waals surface area contributed by atoms with E-state index in [2.05, 4.69) is 17.6 Å². The Hall–Kier alpha value is -3.80. The Morgan fingerprint density at radius 1 is 0.781 bits per heavy atom. The van der Waals surface area contributed by atoms with Crippen LogP contribution in [-0.2, 0) is 4.79 Å². The molecule has 2 amide bonds. The molecule has 0 saturated heterocycles.